The Morgan fingerprint density at radius 3 is 2.22 bits per heavy atom. The number of hydrogen-bond donors (Lipinski definition) is 1. The van der Waals surface area contributed by atoms with E-state index >= 15 is 0 Å². The van der Waals surface area contributed by atoms with Crippen LogP contribution in [0.25, 0.3) is 5.76 Å². The fraction of sp³-hybridized carbons (Fsp3) is 0.385. The van der Waals surface area contributed by atoms with Crippen LogP contribution in [0, 0.1) is 6.92 Å². The number of benzene rings is 2. The number of rotatable bonds is 9. The maximum Gasteiger partial charge on any atom is 0.295 e. The highest BCUT2D eigenvalue weighted by molar-refractivity contribution is 6.46. The number of amides is 1. The van der Waals surface area contributed by atoms with Gasteiger partial charge in [-0.05, 0) is 62.8 Å². The van der Waals surface area contributed by atoms with E-state index in [2.05, 4.69) is 18.7 Å². The van der Waals surface area contributed by atoms with Crippen molar-refractivity contribution in [1.29, 1.82) is 0 Å². The summed E-state index contributed by atoms with van der Waals surface area (Å²) in [6, 6.07) is 14.0. The van der Waals surface area contributed by atoms with Crippen molar-refractivity contribution in [3.8, 4) is 5.75 Å². The lowest BCUT2D eigenvalue weighted by Crippen LogP contribution is -2.33. The predicted octanol–water partition coefficient (Wildman–Crippen LogP) is 4.16. The molecule has 3 rings (SSSR count). The van der Waals surface area contributed by atoms with Crippen molar-refractivity contribution >= 4 is 17.4 Å². The molecule has 1 aliphatic rings. The molecule has 1 unspecified atom stereocenters. The van der Waals surface area contributed by atoms with E-state index in [0.717, 1.165) is 37.2 Å². The second-order valence-corrected chi connectivity index (χ2v) is 8.01. The molecule has 6 nitrogen and oxygen atoms in total. The maximum absolute atomic E-state index is 13.1. The Hall–Kier alpha value is -3.12. The van der Waals surface area contributed by atoms with Gasteiger partial charge in [0.15, 0.2) is 0 Å². The van der Waals surface area contributed by atoms with E-state index in [1.807, 2.05) is 31.2 Å². The summed E-state index contributed by atoms with van der Waals surface area (Å²) in [5.41, 5.74) is 2.51. The summed E-state index contributed by atoms with van der Waals surface area (Å²) in [5, 5.41) is 11.1. The van der Waals surface area contributed by atoms with Crippen molar-refractivity contribution in [2.45, 2.75) is 33.2 Å². The van der Waals surface area contributed by atoms with Crippen molar-refractivity contribution in [3.63, 3.8) is 0 Å². The number of aryl methyl sites for hydroxylation is 1. The zero-order chi connectivity index (χ0) is 23.3. The van der Waals surface area contributed by atoms with Gasteiger partial charge in [-0.1, -0.05) is 43.7 Å². The summed E-state index contributed by atoms with van der Waals surface area (Å²) in [7, 11) is 1.57. The van der Waals surface area contributed by atoms with Crippen molar-refractivity contribution < 1.29 is 19.4 Å². The van der Waals surface area contributed by atoms with Crippen molar-refractivity contribution in [1.82, 2.24) is 9.80 Å². The van der Waals surface area contributed by atoms with Gasteiger partial charge in [-0.25, -0.2) is 0 Å². The van der Waals surface area contributed by atoms with E-state index in [1.54, 1.807) is 36.3 Å². The number of ether oxygens (including phenoxy) is 1. The summed E-state index contributed by atoms with van der Waals surface area (Å²) in [4.78, 5) is 30.0. The molecule has 6 heteroatoms. The third-order valence-corrected chi connectivity index (χ3v) is 6.06. The molecule has 0 aromatic heterocycles. The number of aliphatic hydroxyl groups excluding tert-OH is 1. The fourth-order valence-electron chi connectivity index (χ4n) is 4.11. The van der Waals surface area contributed by atoms with E-state index in [9.17, 15) is 14.7 Å². The molecule has 1 atom stereocenters. The second kappa shape index (κ2) is 10.5. The third kappa shape index (κ3) is 4.86. The molecule has 0 radical (unpaired) electrons. The minimum atomic E-state index is -0.647. The summed E-state index contributed by atoms with van der Waals surface area (Å²) in [6.07, 6.45) is 0.750. The minimum absolute atomic E-state index is 0.131. The standard InChI is InChI=1S/C26H32N2O4/c1-5-27(6-2)16-7-17-28-23(19-10-8-18(3)9-11-19)22(25(30)26(28)31)24(29)20-12-14-21(32-4)15-13-20/h8-15,23,29H,5-7,16-17H2,1-4H3/b24-22+. The molecule has 2 aromatic carbocycles. The Kier molecular flexibility index (Phi) is 7.70. The number of methoxy groups -OCH3 is 1. The molecule has 0 spiro atoms. The van der Waals surface area contributed by atoms with Gasteiger partial charge < -0.3 is 19.6 Å². The van der Waals surface area contributed by atoms with Gasteiger partial charge in [0, 0.05) is 12.1 Å². The Bertz CT molecular complexity index is 976. The highest BCUT2D eigenvalue weighted by Crippen LogP contribution is 2.39. The number of ketones is 1. The molecule has 0 bridgehead atoms. The van der Waals surface area contributed by atoms with Gasteiger partial charge in [0.05, 0.1) is 18.7 Å². The van der Waals surface area contributed by atoms with Gasteiger partial charge in [0.1, 0.15) is 11.5 Å². The van der Waals surface area contributed by atoms with Crippen LogP contribution in [-0.4, -0.2) is 59.9 Å². The van der Waals surface area contributed by atoms with Crippen molar-refractivity contribution in [3.05, 3.63) is 70.8 Å². The van der Waals surface area contributed by atoms with Crippen LogP contribution in [0.15, 0.2) is 54.1 Å². The largest absolute Gasteiger partial charge is 0.507 e. The van der Waals surface area contributed by atoms with Crippen LogP contribution in [0.5, 0.6) is 5.75 Å². The van der Waals surface area contributed by atoms with Gasteiger partial charge in [-0.3, -0.25) is 9.59 Å². The van der Waals surface area contributed by atoms with Crippen LogP contribution >= 0.6 is 0 Å². The monoisotopic (exact) mass is 436 g/mol. The number of hydrogen-bond acceptors (Lipinski definition) is 5. The lowest BCUT2D eigenvalue weighted by Gasteiger charge is -2.27. The molecule has 1 heterocycles. The van der Waals surface area contributed by atoms with Crippen LogP contribution in [0.1, 0.15) is 43.0 Å². The Morgan fingerprint density at radius 1 is 1.03 bits per heavy atom. The summed E-state index contributed by atoms with van der Waals surface area (Å²) >= 11 is 0. The number of carbonyl (C=O) groups is 2. The van der Waals surface area contributed by atoms with E-state index in [0.29, 0.717) is 17.9 Å². The molecule has 32 heavy (non-hydrogen) atoms. The zero-order valence-corrected chi connectivity index (χ0v) is 19.3. The number of Topliss-reactive ketones (excluding diaryl/α,β-unsaturated/α-hetero) is 1. The number of carbonyl (C=O) groups excluding carboxylic acids is 2. The molecule has 1 aliphatic heterocycles. The first-order valence-electron chi connectivity index (χ1n) is 11.1. The molecule has 0 aliphatic carbocycles. The van der Waals surface area contributed by atoms with Gasteiger partial charge in [-0.15, -0.1) is 0 Å². The third-order valence-electron chi connectivity index (χ3n) is 6.06. The lowest BCUT2D eigenvalue weighted by molar-refractivity contribution is -0.140. The topological polar surface area (TPSA) is 70.1 Å². The van der Waals surface area contributed by atoms with Crippen molar-refractivity contribution in [2.24, 2.45) is 0 Å². The first-order valence-corrected chi connectivity index (χ1v) is 11.1. The highest BCUT2D eigenvalue weighted by Gasteiger charge is 2.45. The second-order valence-electron chi connectivity index (χ2n) is 8.01. The highest BCUT2D eigenvalue weighted by atomic mass is 16.5. The maximum atomic E-state index is 13.1. The van der Waals surface area contributed by atoms with Crippen LogP contribution < -0.4 is 4.74 Å². The van der Waals surface area contributed by atoms with Crippen LogP contribution in [-0.2, 0) is 9.59 Å². The number of likely N-dealkylation sites (tertiary alicyclic amines) is 1. The predicted molar refractivity (Wildman–Crippen MR) is 126 cm³/mol. The molecule has 1 saturated heterocycles. The van der Waals surface area contributed by atoms with E-state index < -0.39 is 17.7 Å². The average molecular weight is 437 g/mol. The summed E-state index contributed by atoms with van der Waals surface area (Å²) in [5.74, 6) is -0.728. The van der Waals surface area contributed by atoms with Gasteiger partial charge in [-0.2, -0.15) is 0 Å². The van der Waals surface area contributed by atoms with Crippen LogP contribution in [0.2, 0.25) is 0 Å². The van der Waals surface area contributed by atoms with Crippen LogP contribution in [0.3, 0.4) is 0 Å². The first-order chi connectivity index (χ1) is 15.4. The summed E-state index contributed by atoms with van der Waals surface area (Å²) in [6.45, 7) is 9.37. The smallest absolute Gasteiger partial charge is 0.295 e. The van der Waals surface area contributed by atoms with E-state index in [4.69, 9.17) is 4.74 Å². The molecule has 2 aromatic rings. The molecule has 0 saturated carbocycles. The normalized spacial score (nSPS) is 17.9. The van der Waals surface area contributed by atoms with E-state index in [-0.39, 0.29) is 11.3 Å². The number of aliphatic hydroxyl groups is 1. The average Bonchev–Trinajstić information content (AvgIpc) is 3.07. The van der Waals surface area contributed by atoms with Gasteiger partial charge >= 0.3 is 0 Å². The number of nitrogens with zero attached hydrogens (tertiary/aromatic N) is 2. The van der Waals surface area contributed by atoms with Crippen LogP contribution in [0.4, 0.5) is 0 Å². The molecular weight excluding hydrogens is 404 g/mol. The molecular formula is C26H32N2O4. The minimum Gasteiger partial charge on any atom is -0.507 e. The Labute approximate surface area is 190 Å². The van der Waals surface area contributed by atoms with Gasteiger partial charge in [0.2, 0.25) is 0 Å². The Balaban J connectivity index is 2.01. The zero-order valence-electron chi connectivity index (χ0n) is 19.3. The SMILES string of the molecule is CCN(CC)CCCN1C(=O)C(=O)/C(=C(/O)c2ccc(OC)cc2)C1c1ccc(C)cc1. The molecule has 170 valence electrons. The van der Waals surface area contributed by atoms with Gasteiger partial charge in [0.25, 0.3) is 11.7 Å². The first kappa shape index (κ1) is 23.5. The molecule has 1 N–H and O–H groups in total. The molecule has 1 amide bonds. The summed E-state index contributed by atoms with van der Waals surface area (Å²) < 4.78 is 5.18. The molecule has 1 fully saturated rings. The fourth-order valence-corrected chi connectivity index (χ4v) is 4.11. The lowest BCUT2D eigenvalue weighted by atomic mass is 9.94. The Morgan fingerprint density at radius 2 is 1.66 bits per heavy atom. The van der Waals surface area contributed by atoms with Crippen molar-refractivity contribution in [2.75, 3.05) is 33.3 Å². The van der Waals surface area contributed by atoms with E-state index in [1.165, 1.54) is 0 Å². The quantitative estimate of drug-likeness (QED) is 0.363.